The van der Waals surface area contributed by atoms with Gasteiger partial charge in [-0.05, 0) is 81.0 Å². The summed E-state index contributed by atoms with van der Waals surface area (Å²) >= 11 is 1.93. The molecule has 3 aliphatic rings. The highest BCUT2D eigenvalue weighted by Gasteiger charge is 2.50. The van der Waals surface area contributed by atoms with Crippen LogP contribution in [0.2, 0.25) is 0 Å². The van der Waals surface area contributed by atoms with Crippen molar-refractivity contribution in [2.75, 3.05) is 9.71 Å². The highest BCUT2D eigenvalue weighted by molar-refractivity contribution is 7.32. The van der Waals surface area contributed by atoms with Gasteiger partial charge < -0.3 is 14.4 Å². The summed E-state index contributed by atoms with van der Waals surface area (Å²) in [6.45, 7) is 13.9. The van der Waals surface area contributed by atoms with Gasteiger partial charge in [-0.15, -0.1) is 11.3 Å². The van der Waals surface area contributed by atoms with Crippen LogP contribution in [0.5, 0.6) is 11.5 Å². The maximum atomic E-state index is 6.67. The van der Waals surface area contributed by atoms with Crippen molar-refractivity contribution >= 4 is 66.9 Å². The maximum Gasteiger partial charge on any atom is 0.343 e. The maximum absolute atomic E-state index is 6.67. The standard InChI is InChI=1S/C46H39BN2OS/c1-45(2,3)29-23-24-35(33(25-29)28-15-8-7-9-16-28)48-37-27-30(46(4,5)6)26-34-31-18-14-21-39-42(31)49(36-19-11-12-20-38(36)50-39)47(41(34)37)44-43(48)32-17-10-13-22-40(32)51-44/h7-27H,1-6H3. The number of anilines is 5. The SMILES string of the molecule is CC(C)(C)c1ccc(N2c3cc(C(C)(C)C)cc4c3B(c3sc5ccccc5c32)N2c3ccccc3Oc3cccc-4c32)c(-c2ccccc2)c1. The van der Waals surface area contributed by atoms with Gasteiger partial charge in [-0.25, -0.2) is 0 Å². The largest absolute Gasteiger partial charge is 0.453 e. The van der Waals surface area contributed by atoms with Crippen LogP contribution in [-0.2, 0) is 10.8 Å². The molecule has 0 radical (unpaired) electrons. The Labute approximate surface area is 304 Å². The molecule has 0 atom stereocenters. The number of ether oxygens (including phenoxy) is 1. The normalized spacial score (nSPS) is 14.1. The molecular formula is C46H39BN2OS. The van der Waals surface area contributed by atoms with E-state index in [0.29, 0.717) is 0 Å². The van der Waals surface area contributed by atoms with Gasteiger partial charge in [0.1, 0.15) is 5.75 Å². The Morgan fingerprint density at radius 3 is 2.06 bits per heavy atom. The third-order valence-electron chi connectivity index (χ3n) is 10.9. The van der Waals surface area contributed by atoms with Gasteiger partial charge in [0.2, 0.25) is 0 Å². The Bertz CT molecular complexity index is 2560. The van der Waals surface area contributed by atoms with Gasteiger partial charge in [0.15, 0.2) is 5.75 Å². The van der Waals surface area contributed by atoms with E-state index in [4.69, 9.17) is 4.74 Å². The molecule has 0 fully saturated rings. The summed E-state index contributed by atoms with van der Waals surface area (Å²) in [7, 11) is 0. The second kappa shape index (κ2) is 10.6. The fourth-order valence-corrected chi connectivity index (χ4v) is 9.64. The second-order valence-corrected chi connectivity index (χ2v) is 17.3. The first-order valence-corrected chi connectivity index (χ1v) is 18.8. The van der Waals surface area contributed by atoms with Crippen molar-refractivity contribution in [2.24, 2.45) is 0 Å². The Morgan fingerprint density at radius 1 is 0.549 bits per heavy atom. The lowest BCUT2D eigenvalue weighted by molar-refractivity contribution is 0.478. The van der Waals surface area contributed by atoms with E-state index in [-0.39, 0.29) is 17.7 Å². The molecular weight excluding hydrogens is 639 g/mol. The van der Waals surface area contributed by atoms with Crippen LogP contribution in [0.15, 0.2) is 127 Å². The first kappa shape index (κ1) is 30.6. The highest BCUT2D eigenvalue weighted by Crippen LogP contribution is 2.57. The molecule has 1 aromatic heterocycles. The number of benzene rings is 6. The average molecular weight is 679 g/mol. The zero-order chi connectivity index (χ0) is 34.8. The van der Waals surface area contributed by atoms with Crippen LogP contribution in [-0.4, -0.2) is 6.85 Å². The lowest BCUT2D eigenvalue weighted by Gasteiger charge is -2.47. The van der Waals surface area contributed by atoms with Gasteiger partial charge in [0, 0.05) is 31.7 Å². The molecule has 0 saturated heterocycles. The number of thiophene rings is 1. The molecule has 3 nitrogen and oxygen atoms in total. The van der Waals surface area contributed by atoms with Crippen LogP contribution in [0.25, 0.3) is 32.3 Å². The molecule has 0 amide bonds. The number of fused-ring (bicyclic) bond motifs is 8. The molecule has 5 heteroatoms. The predicted octanol–water partition coefficient (Wildman–Crippen LogP) is 12.0. The van der Waals surface area contributed by atoms with E-state index in [2.05, 4.69) is 179 Å². The molecule has 7 aromatic rings. The third kappa shape index (κ3) is 4.44. The van der Waals surface area contributed by atoms with E-state index in [1.165, 1.54) is 70.8 Å². The van der Waals surface area contributed by atoms with E-state index >= 15 is 0 Å². The Balaban J connectivity index is 1.37. The molecule has 0 spiro atoms. The van der Waals surface area contributed by atoms with Crippen LogP contribution in [0.1, 0.15) is 52.7 Å². The van der Waals surface area contributed by atoms with Crippen molar-refractivity contribution in [3.05, 3.63) is 139 Å². The van der Waals surface area contributed by atoms with Crippen LogP contribution in [0, 0.1) is 0 Å². The fraction of sp³-hybridized carbons (Fsp3) is 0.174. The first-order valence-electron chi connectivity index (χ1n) is 18.0. The van der Waals surface area contributed by atoms with Crippen molar-refractivity contribution in [3.63, 3.8) is 0 Å². The quantitative estimate of drug-likeness (QED) is 0.169. The average Bonchev–Trinajstić information content (AvgIpc) is 3.51. The Morgan fingerprint density at radius 2 is 1.25 bits per heavy atom. The molecule has 51 heavy (non-hydrogen) atoms. The summed E-state index contributed by atoms with van der Waals surface area (Å²) in [4.78, 5) is 5.20. The summed E-state index contributed by atoms with van der Waals surface area (Å²) in [6.07, 6.45) is 0. The van der Waals surface area contributed by atoms with Crippen LogP contribution >= 0.6 is 11.3 Å². The van der Waals surface area contributed by atoms with Crippen molar-refractivity contribution in [1.82, 2.24) is 0 Å². The molecule has 4 heterocycles. The lowest BCUT2D eigenvalue weighted by atomic mass is 9.46. The minimum Gasteiger partial charge on any atom is -0.453 e. The zero-order valence-corrected chi connectivity index (χ0v) is 30.7. The summed E-state index contributed by atoms with van der Waals surface area (Å²) in [5.41, 5.74) is 14.9. The molecule has 0 N–H and O–H groups in total. The van der Waals surface area contributed by atoms with E-state index in [9.17, 15) is 0 Å². The van der Waals surface area contributed by atoms with E-state index in [1.807, 2.05) is 11.3 Å². The summed E-state index contributed by atoms with van der Waals surface area (Å²) in [5.74, 6) is 1.81. The topological polar surface area (TPSA) is 15.7 Å². The highest BCUT2D eigenvalue weighted by atomic mass is 32.1. The molecule has 10 rings (SSSR count). The smallest absolute Gasteiger partial charge is 0.343 e. The molecule has 0 bridgehead atoms. The lowest BCUT2D eigenvalue weighted by Crippen LogP contribution is -2.61. The van der Waals surface area contributed by atoms with E-state index in [0.717, 1.165) is 22.9 Å². The summed E-state index contributed by atoms with van der Waals surface area (Å²) in [6, 6.07) is 47.2. The van der Waals surface area contributed by atoms with E-state index in [1.54, 1.807) is 0 Å². The Hall–Kier alpha value is -5.26. The van der Waals surface area contributed by atoms with Crippen LogP contribution < -0.4 is 24.7 Å². The van der Waals surface area contributed by atoms with Crippen LogP contribution in [0.3, 0.4) is 0 Å². The summed E-state index contributed by atoms with van der Waals surface area (Å²) in [5, 5.41) is 1.28. The molecule has 3 aliphatic heterocycles. The summed E-state index contributed by atoms with van der Waals surface area (Å²) < 4.78 is 9.32. The van der Waals surface area contributed by atoms with Gasteiger partial charge in [0.25, 0.3) is 0 Å². The third-order valence-corrected chi connectivity index (χ3v) is 12.1. The molecule has 0 unspecified atom stereocenters. The number of para-hydroxylation sites is 3. The molecule has 0 saturated carbocycles. The number of nitrogens with zero attached hydrogens (tertiary/aromatic N) is 2. The van der Waals surface area contributed by atoms with E-state index < -0.39 is 0 Å². The van der Waals surface area contributed by atoms with Gasteiger partial charge >= 0.3 is 6.85 Å². The molecule has 248 valence electrons. The van der Waals surface area contributed by atoms with Gasteiger partial charge in [-0.1, -0.05) is 126 Å². The first-order chi connectivity index (χ1) is 24.6. The minimum atomic E-state index is -0.0723. The zero-order valence-electron chi connectivity index (χ0n) is 29.9. The predicted molar refractivity (Wildman–Crippen MR) is 218 cm³/mol. The number of hydrogen-bond acceptors (Lipinski definition) is 4. The van der Waals surface area contributed by atoms with Crippen LogP contribution in [0.4, 0.5) is 28.4 Å². The molecule has 6 aromatic carbocycles. The van der Waals surface area contributed by atoms with Crippen molar-refractivity contribution in [3.8, 4) is 33.8 Å². The van der Waals surface area contributed by atoms with Crippen molar-refractivity contribution < 1.29 is 4.74 Å². The minimum absolute atomic E-state index is 0.00570. The molecule has 0 aliphatic carbocycles. The second-order valence-electron chi connectivity index (χ2n) is 16.2. The van der Waals surface area contributed by atoms with Gasteiger partial charge in [0.05, 0.1) is 22.7 Å². The monoisotopic (exact) mass is 678 g/mol. The van der Waals surface area contributed by atoms with Gasteiger partial charge in [-0.2, -0.15) is 0 Å². The number of hydrogen-bond donors (Lipinski definition) is 0. The fourth-order valence-electron chi connectivity index (χ4n) is 8.35. The van der Waals surface area contributed by atoms with Gasteiger partial charge in [-0.3, -0.25) is 0 Å². The Kier molecular flexibility index (Phi) is 6.37. The van der Waals surface area contributed by atoms with Crippen molar-refractivity contribution in [1.29, 1.82) is 0 Å². The van der Waals surface area contributed by atoms with Crippen molar-refractivity contribution in [2.45, 2.75) is 52.4 Å². The number of rotatable bonds is 2.